The Balaban J connectivity index is 1.89. The first-order chi connectivity index (χ1) is 12.7. The van der Waals surface area contributed by atoms with Gasteiger partial charge in [0.15, 0.2) is 9.84 Å². The highest BCUT2D eigenvalue weighted by Gasteiger charge is 2.16. The van der Waals surface area contributed by atoms with E-state index in [9.17, 15) is 16.8 Å². The third-order valence-corrected chi connectivity index (χ3v) is 6.49. The van der Waals surface area contributed by atoms with E-state index in [1.165, 1.54) is 24.3 Å². The first kappa shape index (κ1) is 19.3. The van der Waals surface area contributed by atoms with Crippen LogP contribution < -0.4 is 4.72 Å². The zero-order chi connectivity index (χ0) is 19.7. The topological polar surface area (TPSA) is 107 Å². The number of aromatic nitrogens is 2. The molecule has 0 amide bonds. The van der Waals surface area contributed by atoms with E-state index in [-0.39, 0.29) is 9.79 Å². The zero-order valence-corrected chi connectivity index (χ0v) is 16.4. The summed E-state index contributed by atoms with van der Waals surface area (Å²) < 4.78 is 57.5. The molecule has 2 aromatic carbocycles. The lowest BCUT2D eigenvalue weighted by atomic mass is 10.2. The Morgan fingerprint density at radius 1 is 1.04 bits per heavy atom. The van der Waals surface area contributed by atoms with E-state index in [0.29, 0.717) is 18.8 Å². The van der Waals surface area contributed by atoms with Crippen molar-refractivity contribution in [2.45, 2.75) is 16.3 Å². The van der Waals surface area contributed by atoms with Gasteiger partial charge >= 0.3 is 0 Å². The molecule has 0 aliphatic rings. The van der Waals surface area contributed by atoms with Crippen LogP contribution in [-0.2, 0) is 31.1 Å². The highest BCUT2D eigenvalue weighted by Crippen LogP contribution is 2.22. The maximum absolute atomic E-state index is 12.6. The fraction of sp³-hybridized carbons (Fsp3) is 0.235. The van der Waals surface area contributed by atoms with Crippen molar-refractivity contribution in [1.82, 2.24) is 9.78 Å². The third kappa shape index (κ3) is 4.29. The molecule has 0 saturated carbocycles. The van der Waals surface area contributed by atoms with E-state index in [2.05, 4.69) is 9.82 Å². The molecule has 0 aliphatic heterocycles. The normalized spacial score (nSPS) is 12.4. The maximum Gasteiger partial charge on any atom is 0.261 e. The molecule has 27 heavy (non-hydrogen) atoms. The van der Waals surface area contributed by atoms with Gasteiger partial charge in [-0.2, -0.15) is 5.10 Å². The Hall–Kier alpha value is -2.43. The van der Waals surface area contributed by atoms with Crippen LogP contribution in [0.1, 0.15) is 0 Å². The number of hydrogen-bond acceptors (Lipinski definition) is 6. The predicted molar refractivity (Wildman–Crippen MR) is 102 cm³/mol. The van der Waals surface area contributed by atoms with E-state index in [1.807, 2.05) is 0 Å². The fourth-order valence-electron chi connectivity index (χ4n) is 2.57. The van der Waals surface area contributed by atoms with Crippen LogP contribution in [-0.4, -0.2) is 46.6 Å². The van der Waals surface area contributed by atoms with Crippen molar-refractivity contribution < 1.29 is 21.6 Å². The summed E-state index contributed by atoms with van der Waals surface area (Å²) in [5.41, 5.74) is 1.16. The van der Waals surface area contributed by atoms with Crippen molar-refractivity contribution in [2.24, 2.45) is 0 Å². The first-order valence-corrected chi connectivity index (χ1v) is 11.4. The Morgan fingerprint density at radius 2 is 1.70 bits per heavy atom. The monoisotopic (exact) mass is 409 g/mol. The number of sulfonamides is 1. The van der Waals surface area contributed by atoms with Crippen molar-refractivity contribution in [3.05, 3.63) is 48.7 Å². The van der Waals surface area contributed by atoms with Crippen LogP contribution in [0.15, 0.2) is 58.5 Å². The molecule has 0 radical (unpaired) electrons. The number of benzene rings is 2. The Kier molecular flexibility index (Phi) is 5.22. The van der Waals surface area contributed by atoms with Crippen LogP contribution in [0.5, 0.6) is 0 Å². The Bertz CT molecular complexity index is 1170. The predicted octanol–water partition coefficient (Wildman–Crippen LogP) is 1.89. The maximum atomic E-state index is 12.6. The number of sulfone groups is 1. The van der Waals surface area contributed by atoms with Crippen LogP contribution >= 0.6 is 0 Å². The summed E-state index contributed by atoms with van der Waals surface area (Å²) in [5, 5.41) is 5.14. The lowest BCUT2D eigenvalue weighted by Gasteiger charge is -2.10. The van der Waals surface area contributed by atoms with E-state index in [1.54, 1.807) is 36.2 Å². The molecule has 1 heterocycles. The molecule has 0 saturated heterocycles. The van der Waals surface area contributed by atoms with Gasteiger partial charge in [-0.25, -0.2) is 16.8 Å². The average molecular weight is 409 g/mol. The van der Waals surface area contributed by atoms with E-state index < -0.39 is 19.9 Å². The van der Waals surface area contributed by atoms with Crippen LogP contribution in [0.4, 0.5) is 5.69 Å². The summed E-state index contributed by atoms with van der Waals surface area (Å²) >= 11 is 0. The minimum absolute atomic E-state index is 0.0251. The minimum atomic E-state index is -3.86. The number of rotatable bonds is 7. The first-order valence-electron chi connectivity index (χ1n) is 7.98. The van der Waals surface area contributed by atoms with Gasteiger partial charge in [0, 0.05) is 18.8 Å². The van der Waals surface area contributed by atoms with Crippen LogP contribution in [0.25, 0.3) is 10.9 Å². The summed E-state index contributed by atoms with van der Waals surface area (Å²) in [6.45, 7) is 1.03. The number of methoxy groups -OCH3 is 1. The second-order valence-corrected chi connectivity index (χ2v) is 9.68. The quantitative estimate of drug-likeness (QED) is 0.638. The zero-order valence-electron chi connectivity index (χ0n) is 14.8. The highest BCUT2D eigenvalue weighted by atomic mass is 32.2. The lowest BCUT2D eigenvalue weighted by molar-refractivity contribution is 0.185. The molecular weight excluding hydrogens is 390 g/mol. The van der Waals surface area contributed by atoms with E-state index in [4.69, 9.17) is 4.74 Å². The van der Waals surface area contributed by atoms with Gasteiger partial charge in [-0.15, -0.1) is 0 Å². The Morgan fingerprint density at radius 3 is 2.33 bits per heavy atom. The molecule has 0 bridgehead atoms. The third-order valence-electron chi connectivity index (χ3n) is 3.97. The van der Waals surface area contributed by atoms with Gasteiger partial charge in [-0.3, -0.25) is 9.40 Å². The molecule has 0 unspecified atom stereocenters. The van der Waals surface area contributed by atoms with Gasteiger partial charge in [-0.1, -0.05) is 0 Å². The SMILES string of the molecule is COCCn1ncc2ccc(NS(=O)(=O)c3ccc(S(C)(=O)=O)cc3)cc21. The molecule has 1 N–H and O–H groups in total. The van der Waals surface area contributed by atoms with Gasteiger partial charge in [0.25, 0.3) is 10.0 Å². The van der Waals surface area contributed by atoms with Gasteiger partial charge < -0.3 is 4.74 Å². The standard InChI is InChI=1S/C17H19N3O5S2/c1-25-10-9-20-17-11-14(4-3-13(17)12-18-20)19-27(23,24)16-7-5-15(6-8-16)26(2,21)22/h3-8,11-12,19H,9-10H2,1-2H3. The van der Waals surface area contributed by atoms with Gasteiger partial charge in [0.05, 0.1) is 40.3 Å². The van der Waals surface area contributed by atoms with Crippen molar-refractivity contribution in [3.8, 4) is 0 Å². The smallest absolute Gasteiger partial charge is 0.261 e. The molecule has 0 aliphatic carbocycles. The van der Waals surface area contributed by atoms with E-state index in [0.717, 1.165) is 17.2 Å². The van der Waals surface area contributed by atoms with E-state index >= 15 is 0 Å². The van der Waals surface area contributed by atoms with Gasteiger partial charge in [0.1, 0.15) is 0 Å². The number of anilines is 1. The summed E-state index contributed by atoms with van der Waals surface area (Å²) in [6, 6.07) is 10.2. The molecule has 3 aromatic rings. The van der Waals surface area contributed by atoms with Crippen LogP contribution in [0.2, 0.25) is 0 Å². The number of nitrogens with zero attached hydrogens (tertiary/aromatic N) is 2. The summed E-state index contributed by atoms with van der Waals surface area (Å²) in [5.74, 6) is 0. The summed E-state index contributed by atoms with van der Waals surface area (Å²) in [7, 11) is -5.65. The number of nitrogens with one attached hydrogen (secondary N) is 1. The van der Waals surface area contributed by atoms with Crippen LogP contribution in [0, 0.1) is 0 Å². The molecule has 10 heteroatoms. The summed E-state index contributed by atoms with van der Waals surface area (Å²) in [4.78, 5) is 0.0350. The van der Waals surface area contributed by atoms with Crippen molar-refractivity contribution in [1.29, 1.82) is 0 Å². The Labute approximate surface area is 157 Å². The van der Waals surface area contributed by atoms with Gasteiger partial charge in [0.2, 0.25) is 0 Å². The lowest BCUT2D eigenvalue weighted by Crippen LogP contribution is -2.13. The molecule has 1 aromatic heterocycles. The molecule has 0 spiro atoms. The number of fused-ring (bicyclic) bond motifs is 1. The largest absolute Gasteiger partial charge is 0.383 e. The number of ether oxygens (including phenoxy) is 1. The second-order valence-electron chi connectivity index (χ2n) is 5.98. The van der Waals surface area contributed by atoms with Gasteiger partial charge in [-0.05, 0) is 42.5 Å². The van der Waals surface area contributed by atoms with Crippen LogP contribution in [0.3, 0.4) is 0 Å². The number of hydrogen-bond donors (Lipinski definition) is 1. The molecule has 0 fully saturated rings. The van der Waals surface area contributed by atoms with Crippen molar-refractivity contribution >= 4 is 36.5 Å². The average Bonchev–Trinajstić information content (AvgIpc) is 3.01. The molecule has 0 atom stereocenters. The van der Waals surface area contributed by atoms with Crippen molar-refractivity contribution in [3.63, 3.8) is 0 Å². The fourth-order valence-corrected chi connectivity index (χ4v) is 4.25. The second kappa shape index (κ2) is 7.29. The minimum Gasteiger partial charge on any atom is -0.383 e. The summed E-state index contributed by atoms with van der Waals surface area (Å²) in [6.07, 6.45) is 2.77. The van der Waals surface area contributed by atoms with Crippen molar-refractivity contribution in [2.75, 3.05) is 24.7 Å². The molecule has 144 valence electrons. The highest BCUT2D eigenvalue weighted by molar-refractivity contribution is 7.92. The molecule has 3 rings (SSSR count). The molecular formula is C17H19N3O5S2. The molecule has 8 nitrogen and oxygen atoms in total.